The van der Waals surface area contributed by atoms with Crippen molar-refractivity contribution < 1.29 is 23.0 Å². The van der Waals surface area contributed by atoms with E-state index in [1.807, 2.05) is 24.3 Å². The van der Waals surface area contributed by atoms with Crippen LogP contribution < -0.4 is 0 Å². The summed E-state index contributed by atoms with van der Waals surface area (Å²) in [7, 11) is 0. The number of benzene rings is 3. The summed E-state index contributed by atoms with van der Waals surface area (Å²) >= 11 is 0. The molecule has 166 valence electrons. The number of hydrogen-bond acceptors (Lipinski definition) is 4. The van der Waals surface area contributed by atoms with Gasteiger partial charge in [0.2, 0.25) is 0 Å². The summed E-state index contributed by atoms with van der Waals surface area (Å²) in [5, 5.41) is 0. The minimum atomic E-state index is -0.924. The van der Waals surface area contributed by atoms with E-state index in [0.29, 0.717) is 43.8 Å². The lowest BCUT2D eigenvalue weighted by molar-refractivity contribution is -0.127. The van der Waals surface area contributed by atoms with Crippen molar-refractivity contribution in [1.82, 2.24) is 4.90 Å². The molecular weight excluding hydrogens is 412 g/mol. The van der Waals surface area contributed by atoms with Crippen LogP contribution in [-0.4, -0.2) is 37.2 Å². The molecule has 1 unspecified atom stereocenters. The summed E-state index contributed by atoms with van der Waals surface area (Å²) in [6.07, 6.45) is 0.321. The van der Waals surface area contributed by atoms with E-state index in [1.165, 1.54) is 6.07 Å². The first kappa shape index (κ1) is 22.1. The van der Waals surface area contributed by atoms with E-state index >= 15 is 0 Å². The Balaban J connectivity index is 1.52. The maximum Gasteiger partial charge on any atom is 0.338 e. The maximum atomic E-state index is 14.1. The number of halogens is 2. The van der Waals surface area contributed by atoms with Crippen molar-refractivity contribution in [2.45, 2.75) is 18.6 Å². The number of rotatable bonds is 7. The summed E-state index contributed by atoms with van der Waals surface area (Å²) in [5.74, 6) is -2.26. The lowest BCUT2D eigenvalue weighted by atomic mass is 9.88. The van der Waals surface area contributed by atoms with E-state index in [4.69, 9.17) is 9.47 Å². The van der Waals surface area contributed by atoms with Gasteiger partial charge in [0.05, 0.1) is 18.8 Å². The van der Waals surface area contributed by atoms with E-state index in [9.17, 15) is 13.6 Å². The molecule has 1 aliphatic heterocycles. The highest BCUT2D eigenvalue weighted by molar-refractivity contribution is 5.89. The Bertz CT molecular complexity index is 1050. The highest BCUT2D eigenvalue weighted by Crippen LogP contribution is 2.35. The normalized spacial score (nSPS) is 18.9. The molecule has 3 aromatic carbocycles. The fraction of sp³-hybridized carbons (Fsp3) is 0.269. The van der Waals surface area contributed by atoms with Gasteiger partial charge in [0.1, 0.15) is 5.60 Å². The second-order valence-electron chi connectivity index (χ2n) is 7.92. The largest absolute Gasteiger partial charge is 0.462 e. The summed E-state index contributed by atoms with van der Waals surface area (Å²) in [6, 6.07) is 22.6. The third-order valence-electron chi connectivity index (χ3n) is 5.71. The van der Waals surface area contributed by atoms with E-state index in [1.54, 1.807) is 30.3 Å². The first-order valence-corrected chi connectivity index (χ1v) is 10.6. The van der Waals surface area contributed by atoms with Crippen LogP contribution in [0.3, 0.4) is 0 Å². The van der Waals surface area contributed by atoms with Gasteiger partial charge < -0.3 is 9.47 Å². The van der Waals surface area contributed by atoms with E-state index in [2.05, 4.69) is 17.0 Å². The Kier molecular flexibility index (Phi) is 6.93. The van der Waals surface area contributed by atoms with Gasteiger partial charge in [0.25, 0.3) is 0 Å². The second-order valence-corrected chi connectivity index (χ2v) is 7.92. The molecule has 0 aliphatic carbocycles. The highest BCUT2D eigenvalue weighted by Gasteiger charge is 2.39. The van der Waals surface area contributed by atoms with Gasteiger partial charge in [-0.2, -0.15) is 0 Å². The molecule has 6 heteroatoms. The van der Waals surface area contributed by atoms with Crippen LogP contribution in [-0.2, 0) is 21.6 Å². The Morgan fingerprint density at radius 2 is 1.69 bits per heavy atom. The molecule has 1 atom stereocenters. The molecule has 4 rings (SSSR count). The lowest BCUT2D eigenvalue weighted by Crippen LogP contribution is -2.50. The predicted octanol–water partition coefficient (Wildman–Crippen LogP) is 4.94. The third kappa shape index (κ3) is 5.21. The van der Waals surface area contributed by atoms with Crippen LogP contribution in [0.2, 0.25) is 0 Å². The van der Waals surface area contributed by atoms with E-state index < -0.39 is 23.2 Å². The van der Waals surface area contributed by atoms with Crippen LogP contribution in [0.15, 0.2) is 78.9 Å². The van der Waals surface area contributed by atoms with E-state index in [-0.39, 0.29) is 6.61 Å². The van der Waals surface area contributed by atoms with Crippen molar-refractivity contribution >= 4 is 5.97 Å². The molecule has 0 amide bonds. The fourth-order valence-electron chi connectivity index (χ4n) is 4.05. The number of carbonyl (C=O) groups is 1. The molecule has 0 radical (unpaired) electrons. The van der Waals surface area contributed by atoms with Crippen molar-refractivity contribution in [2.75, 3.05) is 26.3 Å². The molecule has 0 aromatic heterocycles. The van der Waals surface area contributed by atoms with Gasteiger partial charge >= 0.3 is 5.97 Å². The smallest absolute Gasteiger partial charge is 0.338 e. The van der Waals surface area contributed by atoms with Crippen LogP contribution in [0.4, 0.5) is 8.78 Å². The first-order chi connectivity index (χ1) is 15.6. The van der Waals surface area contributed by atoms with Crippen LogP contribution >= 0.6 is 0 Å². The number of ether oxygens (including phenoxy) is 2. The van der Waals surface area contributed by atoms with Crippen molar-refractivity contribution in [3.05, 3.63) is 107 Å². The Hall–Kier alpha value is -3.09. The molecular formula is C26H25F2NO3. The quantitative estimate of drug-likeness (QED) is 0.491. The van der Waals surface area contributed by atoms with Crippen molar-refractivity contribution in [3.63, 3.8) is 0 Å². The monoisotopic (exact) mass is 437 g/mol. The Morgan fingerprint density at radius 1 is 0.969 bits per heavy atom. The molecule has 0 saturated carbocycles. The van der Waals surface area contributed by atoms with Gasteiger partial charge in [0, 0.05) is 26.1 Å². The number of hydrogen-bond donors (Lipinski definition) is 0. The Labute approximate surface area is 186 Å². The average molecular weight is 437 g/mol. The second kappa shape index (κ2) is 10.0. The SMILES string of the molecule is O=C(OCCC1(c2ccc(F)c(F)c2)CN(Cc2ccccc2)CCO1)c1ccccc1. The van der Waals surface area contributed by atoms with Gasteiger partial charge in [-0.3, -0.25) is 4.90 Å². The summed E-state index contributed by atoms with van der Waals surface area (Å²) in [5.41, 5.74) is 1.23. The zero-order chi connectivity index (χ0) is 22.4. The lowest BCUT2D eigenvalue weighted by Gasteiger charge is -2.43. The fourth-order valence-corrected chi connectivity index (χ4v) is 4.05. The standard InChI is InChI=1S/C26H25F2NO3/c27-23-12-11-22(17-24(23)28)26(13-15-31-25(30)21-9-5-2-6-10-21)19-29(14-16-32-26)18-20-7-3-1-4-8-20/h1-12,17H,13-16,18-19H2. The number of nitrogens with zero attached hydrogens (tertiary/aromatic N) is 1. The maximum absolute atomic E-state index is 14.1. The van der Waals surface area contributed by atoms with Crippen LogP contribution in [0.5, 0.6) is 0 Å². The minimum Gasteiger partial charge on any atom is -0.462 e. The van der Waals surface area contributed by atoms with Crippen molar-refractivity contribution in [3.8, 4) is 0 Å². The van der Waals surface area contributed by atoms with E-state index in [0.717, 1.165) is 11.6 Å². The number of esters is 1. The molecule has 0 N–H and O–H groups in total. The zero-order valence-corrected chi connectivity index (χ0v) is 17.7. The molecule has 1 heterocycles. The van der Waals surface area contributed by atoms with Crippen molar-refractivity contribution in [2.24, 2.45) is 0 Å². The minimum absolute atomic E-state index is 0.0892. The number of morpholine rings is 1. The summed E-state index contributed by atoms with van der Waals surface area (Å²) in [4.78, 5) is 14.6. The predicted molar refractivity (Wildman–Crippen MR) is 117 cm³/mol. The highest BCUT2D eigenvalue weighted by atomic mass is 19.2. The average Bonchev–Trinajstić information content (AvgIpc) is 2.82. The molecule has 1 aliphatic rings. The molecule has 4 nitrogen and oxygen atoms in total. The summed E-state index contributed by atoms with van der Waals surface area (Å²) in [6.45, 7) is 2.41. The third-order valence-corrected chi connectivity index (χ3v) is 5.71. The number of carbonyl (C=O) groups excluding carboxylic acids is 1. The summed E-state index contributed by atoms with van der Waals surface area (Å²) < 4.78 is 39.4. The molecule has 3 aromatic rings. The van der Waals surface area contributed by atoms with Crippen molar-refractivity contribution in [1.29, 1.82) is 0 Å². The zero-order valence-electron chi connectivity index (χ0n) is 17.7. The molecule has 0 bridgehead atoms. The Morgan fingerprint density at radius 3 is 2.41 bits per heavy atom. The van der Waals surface area contributed by atoms with Crippen LogP contribution in [0.25, 0.3) is 0 Å². The van der Waals surface area contributed by atoms with Gasteiger partial charge in [0.15, 0.2) is 11.6 Å². The van der Waals surface area contributed by atoms with Gasteiger partial charge in [-0.1, -0.05) is 54.6 Å². The first-order valence-electron chi connectivity index (χ1n) is 10.6. The topological polar surface area (TPSA) is 38.8 Å². The van der Waals surface area contributed by atoms with Crippen LogP contribution in [0.1, 0.15) is 27.9 Å². The molecule has 32 heavy (non-hydrogen) atoms. The van der Waals surface area contributed by atoms with Gasteiger partial charge in [-0.05, 0) is 35.4 Å². The van der Waals surface area contributed by atoms with Crippen LogP contribution in [0, 0.1) is 11.6 Å². The molecule has 1 saturated heterocycles. The van der Waals surface area contributed by atoms with Gasteiger partial charge in [-0.25, -0.2) is 13.6 Å². The molecule has 1 fully saturated rings. The van der Waals surface area contributed by atoms with Gasteiger partial charge in [-0.15, -0.1) is 0 Å². The molecule has 0 spiro atoms.